The highest BCUT2D eigenvalue weighted by molar-refractivity contribution is 7.89. The Bertz CT molecular complexity index is 1190. The number of nitrogens with zero attached hydrogens (tertiary/aromatic N) is 2. The summed E-state index contributed by atoms with van der Waals surface area (Å²) in [5, 5.41) is 3.35. The number of sulfonamides is 1. The quantitative estimate of drug-likeness (QED) is 0.370. The Balaban J connectivity index is 1.82. The van der Waals surface area contributed by atoms with Crippen molar-refractivity contribution in [1.29, 1.82) is 0 Å². The Morgan fingerprint density at radius 2 is 1.65 bits per heavy atom. The van der Waals surface area contributed by atoms with Crippen molar-refractivity contribution >= 4 is 44.6 Å². The molecule has 3 aromatic rings. The van der Waals surface area contributed by atoms with Gasteiger partial charge in [-0.05, 0) is 25.1 Å². The van der Waals surface area contributed by atoms with E-state index in [1.54, 1.807) is 24.3 Å². The van der Waals surface area contributed by atoms with Gasteiger partial charge >= 0.3 is 0 Å². The molecule has 1 heterocycles. The fraction of sp³-hybridized carbons (Fsp3) is 0.158. The van der Waals surface area contributed by atoms with Crippen molar-refractivity contribution in [2.24, 2.45) is 0 Å². The molecule has 0 radical (unpaired) electrons. The molecule has 2 aromatic carbocycles. The maximum atomic E-state index is 12.5. The number of aryl methyl sites for hydroxylation is 1. The second kappa shape index (κ2) is 9.25. The summed E-state index contributed by atoms with van der Waals surface area (Å²) < 4.78 is 35.5. The molecule has 0 saturated carbocycles. The van der Waals surface area contributed by atoms with Crippen molar-refractivity contribution in [2.45, 2.75) is 11.8 Å². The summed E-state index contributed by atoms with van der Waals surface area (Å²) in [7, 11) is -0.855. The van der Waals surface area contributed by atoms with Crippen LogP contribution in [0, 0.1) is 6.92 Å². The maximum absolute atomic E-state index is 12.5. The Labute approximate surface area is 184 Å². The fourth-order valence-electron chi connectivity index (χ4n) is 2.57. The SMILES string of the molecule is COc1cc(OC)c(Nc2ncnc(NNS(=O)(=O)c3ccc(C)cc3)c2N)cc1Cl. The van der Waals surface area contributed by atoms with E-state index in [2.05, 4.69) is 25.5 Å². The first-order valence-electron chi connectivity index (χ1n) is 8.88. The first-order valence-corrected chi connectivity index (χ1v) is 10.7. The highest BCUT2D eigenvalue weighted by Crippen LogP contribution is 2.38. The molecule has 0 amide bonds. The lowest BCUT2D eigenvalue weighted by Crippen LogP contribution is -2.30. The highest BCUT2D eigenvalue weighted by atomic mass is 35.5. The fourth-order valence-corrected chi connectivity index (χ4v) is 3.66. The van der Waals surface area contributed by atoms with Gasteiger partial charge in [0.15, 0.2) is 11.6 Å². The monoisotopic (exact) mass is 464 g/mol. The molecule has 0 fully saturated rings. The van der Waals surface area contributed by atoms with E-state index in [-0.39, 0.29) is 22.2 Å². The zero-order valence-corrected chi connectivity index (χ0v) is 18.5. The molecule has 5 N–H and O–H groups in total. The number of benzene rings is 2. The van der Waals surface area contributed by atoms with Crippen LogP contribution in [-0.4, -0.2) is 32.6 Å². The van der Waals surface area contributed by atoms with Gasteiger partial charge < -0.3 is 20.5 Å². The van der Waals surface area contributed by atoms with Crippen molar-refractivity contribution in [3.8, 4) is 11.5 Å². The van der Waals surface area contributed by atoms with Crippen LogP contribution in [0.3, 0.4) is 0 Å². The van der Waals surface area contributed by atoms with Crippen LogP contribution in [0.15, 0.2) is 47.6 Å². The molecular weight excluding hydrogens is 444 g/mol. The van der Waals surface area contributed by atoms with Crippen LogP contribution in [0.2, 0.25) is 5.02 Å². The van der Waals surface area contributed by atoms with Gasteiger partial charge in [-0.1, -0.05) is 29.3 Å². The minimum absolute atomic E-state index is 0.0618. The topological polar surface area (TPSA) is 140 Å². The van der Waals surface area contributed by atoms with Crippen LogP contribution in [0.5, 0.6) is 11.5 Å². The minimum Gasteiger partial charge on any atom is -0.495 e. The number of methoxy groups -OCH3 is 2. The average molecular weight is 465 g/mol. The summed E-state index contributed by atoms with van der Waals surface area (Å²) >= 11 is 6.19. The van der Waals surface area contributed by atoms with E-state index in [0.717, 1.165) is 5.56 Å². The molecule has 0 aliphatic rings. The van der Waals surface area contributed by atoms with Crippen LogP contribution in [0.1, 0.15) is 5.56 Å². The molecular formula is C19H21ClN6O4S. The molecule has 0 spiro atoms. The molecule has 0 bridgehead atoms. The number of ether oxygens (including phenoxy) is 2. The third kappa shape index (κ3) is 5.08. The molecule has 0 aliphatic carbocycles. The van der Waals surface area contributed by atoms with Gasteiger partial charge in [-0.2, -0.15) is 0 Å². The molecule has 12 heteroatoms. The van der Waals surface area contributed by atoms with Gasteiger partial charge in [-0.25, -0.2) is 18.4 Å². The summed E-state index contributed by atoms with van der Waals surface area (Å²) in [6.45, 7) is 1.86. The molecule has 164 valence electrons. The average Bonchev–Trinajstić information content (AvgIpc) is 2.75. The van der Waals surface area contributed by atoms with Gasteiger partial charge in [0.1, 0.15) is 23.5 Å². The zero-order valence-electron chi connectivity index (χ0n) is 16.9. The lowest BCUT2D eigenvalue weighted by atomic mass is 10.2. The predicted molar refractivity (Wildman–Crippen MR) is 119 cm³/mol. The van der Waals surface area contributed by atoms with Crippen molar-refractivity contribution in [3.63, 3.8) is 0 Å². The Hall–Kier alpha value is -3.28. The van der Waals surface area contributed by atoms with Gasteiger partial charge in [0.2, 0.25) is 0 Å². The number of nitrogen functional groups attached to an aromatic ring is 1. The number of anilines is 4. The van der Waals surface area contributed by atoms with Gasteiger partial charge in [0, 0.05) is 6.07 Å². The summed E-state index contributed by atoms with van der Waals surface area (Å²) in [6, 6.07) is 9.58. The van der Waals surface area contributed by atoms with Crippen LogP contribution in [0.4, 0.5) is 23.0 Å². The minimum atomic E-state index is -3.84. The van der Waals surface area contributed by atoms with Crippen molar-refractivity contribution in [3.05, 3.63) is 53.3 Å². The smallest absolute Gasteiger partial charge is 0.257 e. The number of hydrogen-bond acceptors (Lipinski definition) is 9. The molecule has 3 rings (SSSR count). The third-order valence-electron chi connectivity index (χ3n) is 4.25. The van der Waals surface area contributed by atoms with Crippen LogP contribution >= 0.6 is 11.6 Å². The molecule has 31 heavy (non-hydrogen) atoms. The number of rotatable bonds is 8. The Kier molecular flexibility index (Phi) is 6.68. The summed E-state index contributed by atoms with van der Waals surface area (Å²) in [4.78, 5) is 10.4. The number of nitrogens with one attached hydrogen (secondary N) is 3. The van der Waals surface area contributed by atoms with Crippen molar-refractivity contribution in [1.82, 2.24) is 14.8 Å². The molecule has 0 atom stereocenters. The lowest BCUT2D eigenvalue weighted by Gasteiger charge is -2.16. The van der Waals surface area contributed by atoms with Gasteiger partial charge in [0.25, 0.3) is 10.0 Å². The highest BCUT2D eigenvalue weighted by Gasteiger charge is 2.17. The Morgan fingerprint density at radius 3 is 2.29 bits per heavy atom. The van der Waals surface area contributed by atoms with E-state index >= 15 is 0 Å². The van der Waals surface area contributed by atoms with Crippen LogP contribution in [0.25, 0.3) is 0 Å². The molecule has 0 saturated heterocycles. The first kappa shape index (κ1) is 22.4. The second-order valence-electron chi connectivity index (χ2n) is 6.34. The van der Waals surface area contributed by atoms with E-state index in [0.29, 0.717) is 22.2 Å². The standard InChI is InChI=1S/C19H21ClN6O4S/c1-11-4-6-12(7-5-11)31(27,28)26-25-19-17(21)18(22-10-23-19)24-14-8-13(20)15(29-2)9-16(14)30-3/h4-10,26H,21H2,1-3H3,(H2,22,23,24,25). The number of halogens is 1. The lowest BCUT2D eigenvalue weighted by molar-refractivity contribution is 0.396. The van der Waals surface area contributed by atoms with E-state index < -0.39 is 10.0 Å². The van der Waals surface area contributed by atoms with Gasteiger partial charge in [-0.15, -0.1) is 4.83 Å². The van der Waals surface area contributed by atoms with E-state index in [9.17, 15) is 8.42 Å². The number of hydrazine groups is 1. The number of hydrogen-bond donors (Lipinski definition) is 4. The summed E-state index contributed by atoms with van der Waals surface area (Å²) in [5.74, 6) is 1.15. The van der Waals surface area contributed by atoms with Gasteiger partial charge in [0.05, 0.1) is 29.8 Å². The van der Waals surface area contributed by atoms with E-state index in [1.807, 2.05) is 6.92 Å². The predicted octanol–water partition coefficient (Wildman–Crippen LogP) is 3.09. The molecule has 10 nitrogen and oxygen atoms in total. The summed E-state index contributed by atoms with van der Waals surface area (Å²) in [5.41, 5.74) is 10.1. The van der Waals surface area contributed by atoms with E-state index in [1.165, 1.54) is 32.7 Å². The third-order valence-corrected chi connectivity index (χ3v) is 5.80. The molecule has 0 unspecified atom stereocenters. The first-order chi connectivity index (χ1) is 14.7. The molecule has 1 aromatic heterocycles. The van der Waals surface area contributed by atoms with E-state index in [4.69, 9.17) is 26.8 Å². The largest absolute Gasteiger partial charge is 0.495 e. The zero-order chi connectivity index (χ0) is 22.6. The number of nitrogens with two attached hydrogens (primary N) is 1. The van der Waals surface area contributed by atoms with Crippen molar-refractivity contribution < 1.29 is 17.9 Å². The summed E-state index contributed by atoms with van der Waals surface area (Å²) in [6.07, 6.45) is 1.22. The molecule has 0 aliphatic heterocycles. The van der Waals surface area contributed by atoms with Crippen LogP contribution in [-0.2, 0) is 10.0 Å². The normalized spacial score (nSPS) is 11.1. The Morgan fingerprint density at radius 1 is 1.00 bits per heavy atom. The maximum Gasteiger partial charge on any atom is 0.257 e. The number of aromatic nitrogens is 2. The van der Waals surface area contributed by atoms with Crippen molar-refractivity contribution in [2.75, 3.05) is 30.7 Å². The van der Waals surface area contributed by atoms with Gasteiger partial charge in [-0.3, -0.25) is 5.43 Å². The van der Waals surface area contributed by atoms with Crippen LogP contribution < -0.4 is 30.8 Å². The second-order valence-corrected chi connectivity index (χ2v) is 8.43.